The Bertz CT molecular complexity index is 1350. The first-order valence-electron chi connectivity index (χ1n) is 14.7. The predicted molar refractivity (Wildman–Crippen MR) is 171 cm³/mol. The number of nitrogens with zero attached hydrogens (tertiary/aromatic N) is 2. The summed E-state index contributed by atoms with van der Waals surface area (Å²) in [5.74, 6) is 0.177. The minimum absolute atomic E-state index is 0. The third kappa shape index (κ3) is 10.0. The Morgan fingerprint density at radius 2 is 1.63 bits per heavy atom. The number of aliphatic carboxylic acids is 1. The second kappa shape index (κ2) is 16.8. The number of ketones is 1. The normalized spacial score (nSPS) is 15.8. The molecular weight excluding hydrogens is 590 g/mol. The van der Waals surface area contributed by atoms with Gasteiger partial charge in [0.05, 0.1) is 0 Å². The van der Waals surface area contributed by atoms with Crippen LogP contribution in [0, 0.1) is 11.7 Å². The van der Waals surface area contributed by atoms with Crippen molar-refractivity contribution in [3.05, 3.63) is 100 Å². The van der Waals surface area contributed by atoms with Crippen LogP contribution < -0.4 is 4.74 Å². The minimum atomic E-state index is -0.982. The number of carboxylic acid groups (broad SMARTS) is 1. The first-order valence-corrected chi connectivity index (χ1v) is 14.7. The predicted octanol–water partition coefficient (Wildman–Crippen LogP) is 6.96. The van der Waals surface area contributed by atoms with Crippen molar-refractivity contribution >= 4 is 36.6 Å². The summed E-state index contributed by atoms with van der Waals surface area (Å²) >= 11 is 0. The summed E-state index contributed by atoms with van der Waals surface area (Å²) in [4.78, 5) is 28.9. The van der Waals surface area contributed by atoms with E-state index in [4.69, 9.17) is 9.84 Å². The van der Waals surface area contributed by atoms with E-state index < -0.39 is 5.97 Å². The zero-order valence-electron chi connectivity index (χ0n) is 24.4. The summed E-state index contributed by atoms with van der Waals surface area (Å²) < 4.78 is 18.8. The molecule has 0 amide bonds. The van der Waals surface area contributed by atoms with Crippen LogP contribution >= 0.6 is 24.8 Å². The molecule has 6 nitrogen and oxygen atoms in total. The molecule has 3 aromatic rings. The van der Waals surface area contributed by atoms with Gasteiger partial charge < -0.3 is 9.84 Å². The number of carbonyl (C=O) groups excluding carboxylic acids is 1. The maximum atomic E-state index is 13.3. The summed E-state index contributed by atoms with van der Waals surface area (Å²) in [6.45, 7) is 4.85. The number of likely N-dealkylation sites (tertiary alicyclic amines) is 1. The Labute approximate surface area is 266 Å². The Kier molecular flexibility index (Phi) is 13.5. The van der Waals surface area contributed by atoms with Crippen LogP contribution in [0.1, 0.15) is 64.7 Å². The molecule has 2 aliphatic rings. The van der Waals surface area contributed by atoms with Crippen molar-refractivity contribution in [2.75, 3.05) is 26.2 Å². The number of Topliss-reactive ketones (excluding diaryl/α,β-unsaturated/α-hetero) is 1. The molecule has 3 aromatic carbocycles. The van der Waals surface area contributed by atoms with Gasteiger partial charge >= 0.3 is 5.97 Å². The van der Waals surface area contributed by atoms with E-state index in [-0.39, 0.29) is 43.0 Å². The van der Waals surface area contributed by atoms with Crippen molar-refractivity contribution in [1.29, 1.82) is 0 Å². The van der Waals surface area contributed by atoms with Crippen LogP contribution in [-0.2, 0) is 30.8 Å². The molecule has 0 spiro atoms. The molecule has 1 fully saturated rings. The van der Waals surface area contributed by atoms with E-state index in [1.165, 1.54) is 23.3 Å². The van der Waals surface area contributed by atoms with Crippen LogP contribution in [-0.4, -0.2) is 52.9 Å². The molecule has 1 N–H and O–H groups in total. The molecule has 0 aliphatic carbocycles. The molecule has 5 rings (SSSR count). The smallest absolute Gasteiger partial charge is 0.341 e. The number of hydrogen-bond donors (Lipinski definition) is 1. The number of fused-ring (bicyclic) bond motifs is 1. The van der Waals surface area contributed by atoms with Gasteiger partial charge in [-0.25, -0.2) is 9.18 Å². The Morgan fingerprint density at radius 1 is 0.884 bits per heavy atom. The van der Waals surface area contributed by atoms with Crippen molar-refractivity contribution < 1.29 is 23.8 Å². The maximum Gasteiger partial charge on any atom is 0.341 e. The highest BCUT2D eigenvalue weighted by molar-refractivity contribution is 5.96. The lowest BCUT2D eigenvalue weighted by Gasteiger charge is -2.32. The molecule has 43 heavy (non-hydrogen) atoms. The average molecular weight is 632 g/mol. The number of benzene rings is 3. The van der Waals surface area contributed by atoms with E-state index in [1.54, 1.807) is 0 Å². The van der Waals surface area contributed by atoms with Gasteiger partial charge in [-0.3, -0.25) is 14.6 Å². The van der Waals surface area contributed by atoms with Crippen molar-refractivity contribution in [3.63, 3.8) is 0 Å². The molecule has 9 heteroatoms. The highest BCUT2D eigenvalue weighted by atomic mass is 35.5. The average Bonchev–Trinajstić information content (AvgIpc) is 3.18. The molecule has 0 radical (unpaired) electrons. The molecule has 2 aliphatic heterocycles. The van der Waals surface area contributed by atoms with Gasteiger partial charge in [-0.2, -0.15) is 0 Å². The molecule has 232 valence electrons. The van der Waals surface area contributed by atoms with Crippen LogP contribution in [0.3, 0.4) is 0 Å². The maximum absolute atomic E-state index is 13.3. The molecule has 0 bridgehead atoms. The van der Waals surface area contributed by atoms with Gasteiger partial charge in [0.15, 0.2) is 12.4 Å². The third-order valence-electron chi connectivity index (χ3n) is 8.37. The number of hydrogen-bond acceptors (Lipinski definition) is 5. The number of rotatable bonds is 11. The van der Waals surface area contributed by atoms with Crippen LogP contribution in [0.4, 0.5) is 4.39 Å². The first kappa shape index (κ1) is 34.5. The fourth-order valence-corrected chi connectivity index (χ4v) is 6.05. The summed E-state index contributed by atoms with van der Waals surface area (Å²) in [6.07, 6.45) is 5.65. The second-order valence-electron chi connectivity index (χ2n) is 11.4. The van der Waals surface area contributed by atoms with Gasteiger partial charge in [0.1, 0.15) is 11.6 Å². The third-order valence-corrected chi connectivity index (χ3v) is 8.37. The highest BCUT2D eigenvalue weighted by Crippen LogP contribution is 2.27. The van der Waals surface area contributed by atoms with Crippen LogP contribution in [0.15, 0.2) is 66.7 Å². The van der Waals surface area contributed by atoms with Gasteiger partial charge in [0.25, 0.3) is 0 Å². The zero-order valence-corrected chi connectivity index (χ0v) is 26.0. The largest absolute Gasteiger partial charge is 0.482 e. The Hall–Kier alpha value is -2.97. The molecule has 0 unspecified atom stereocenters. The van der Waals surface area contributed by atoms with Crippen molar-refractivity contribution in [2.24, 2.45) is 5.92 Å². The number of halogens is 3. The molecule has 0 atom stereocenters. The van der Waals surface area contributed by atoms with E-state index in [2.05, 4.69) is 21.9 Å². The Balaban J connectivity index is 0.00000253. The lowest BCUT2D eigenvalue weighted by molar-refractivity contribution is -0.139. The van der Waals surface area contributed by atoms with Crippen LogP contribution in [0.2, 0.25) is 0 Å². The van der Waals surface area contributed by atoms with Gasteiger partial charge in [0, 0.05) is 37.2 Å². The van der Waals surface area contributed by atoms with E-state index >= 15 is 0 Å². The van der Waals surface area contributed by atoms with Crippen molar-refractivity contribution in [2.45, 2.75) is 58.2 Å². The monoisotopic (exact) mass is 630 g/mol. The fraction of sp³-hybridized carbons (Fsp3) is 0.412. The summed E-state index contributed by atoms with van der Waals surface area (Å²) in [7, 11) is 0. The van der Waals surface area contributed by atoms with Gasteiger partial charge in [-0.05, 0) is 98.6 Å². The van der Waals surface area contributed by atoms with Gasteiger partial charge in [-0.1, -0.05) is 42.5 Å². The number of carbonyl (C=O) groups is 2. The number of carboxylic acids is 1. The van der Waals surface area contributed by atoms with E-state index in [9.17, 15) is 14.0 Å². The van der Waals surface area contributed by atoms with E-state index in [1.807, 2.05) is 42.5 Å². The summed E-state index contributed by atoms with van der Waals surface area (Å²) in [5, 5.41) is 8.94. The van der Waals surface area contributed by atoms with E-state index in [0.717, 1.165) is 88.1 Å². The lowest BCUT2D eigenvalue weighted by atomic mass is 9.89. The molecule has 2 heterocycles. The quantitative estimate of drug-likeness (QED) is 0.231. The summed E-state index contributed by atoms with van der Waals surface area (Å²) in [5.41, 5.74) is 5.47. The van der Waals surface area contributed by atoms with Gasteiger partial charge in [-0.15, -0.1) is 24.8 Å². The lowest BCUT2D eigenvalue weighted by Crippen LogP contribution is -2.33. The highest BCUT2D eigenvalue weighted by Gasteiger charge is 2.22. The Morgan fingerprint density at radius 3 is 2.37 bits per heavy atom. The van der Waals surface area contributed by atoms with E-state index in [0.29, 0.717) is 18.1 Å². The van der Waals surface area contributed by atoms with Gasteiger partial charge in [0.2, 0.25) is 0 Å². The summed E-state index contributed by atoms with van der Waals surface area (Å²) in [6, 6.07) is 20.6. The number of ether oxygens (including phenoxy) is 1. The molecule has 0 aromatic heterocycles. The molecule has 1 saturated heterocycles. The van der Waals surface area contributed by atoms with Crippen LogP contribution in [0.5, 0.6) is 5.75 Å². The molecule has 0 saturated carbocycles. The van der Waals surface area contributed by atoms with Crippen molar-refractivity contribution in [1.82, 2.24) is 9.80 Å². The zero-order chi connectivity index (χ0) is 28.6. The van der Waals surface area contributed by atoms with Crippen LogP contribution in [0.25, 0.3) is 0 Å². The number of piperidine rings is 1. The fourth-order valence-electron chi connectivity index (χ4n) is 6.05. The molecular formula is C34H41Cl2FN2O4. The second-order valence-corrected chi connectivity index (χ2v) is 11.4. The SMILES string of the molecule is Cl.Cl.O=C(O)COc1ccccc1CN1CCC(CCC(=O)c2ccc3c(c2)CN(Cc2ccc(F)cc2)CCC3)CC1. The minimum Gasteiger partial charge on any atom is -0.482 e. The number of aryl methyl sites for hydroxylation is 1. The van der Waals surface area contributed by atoms with Crippen molar-refractivity contribution in [3.8, 4) is 5.75 Å². The number of para-hydroxylation sites is 1. The first-order chi connectivity index (χ1) is 19.9. The standard InChI is InChI=1S/C34H39FN2O4.2ClH/c35-31-12-7-26(8-13-31)21-37-17-3-5-27-10-11-28(20-30(27)23-37)32(38)14-9-25-15-18-36(19-16-25)22-29-4-1-2-6-33(29)41-24-34(39)40;;/h1-2,4,6-8,10-13,20,25H,3,5,9,14-19,21-24H2,(H,39,40);2*1H. The topological polar surface area (TPSA) is 70.1 Å².